The molecule has 0 radical (unpaired) electrons. The highest BCUT2D eigenvalue weighted by Crippen LogP contribution is 2.20. The molecule has 146 valence electrons. The van der Waals surface area contributed by atoms with Gasteiger partial charge in [0.15, 0.2) is 0 Å². The summed E-state index contributed by atoms with van der Waals surface area (Å²) in [6.45, 7) is 1.35. The number of hydrogen-bond donors (Lipinski definition) is 2. The summed E-state index contributed by atoms with van der Waals surface area (Å²) in [7, 11) is -2.38. The Labute approximate surface area is 160 Å². The predicted octanol–water partition coefficient (Wildman–Crippen LogP) is 1.39. The van der Waals surface area contributed by atoms with E-state index in [1.54, 1.807) is 13.0 Å². The lowest BCUT2D eigenvalue weighted by molar-refractivity contribution is -0.116. The maximum atomic E-state index is 13.4. The Bertz CT molecular complexity index is 1240. The molecule has 28 heavy (non-hydrogen) atoms. The summed E-state index contributed by atoms with van der Waals surface area (Å²) in [5.74, 6) is -1.13. The van der Waals surface area contributed by atoms with Crippen LogP contribution in [0.1, 0.15) is 5.56 Å². The first-order valence-corrected chi connectivity index (χ1v) is 9.68. The van der Waals surface area contributed by atoms with Gasteiger partial charge in [0.25, 0.3) is 5.56 Å². The minimum absolute atomic E-state index is 0.00378. The molecular formula is C18H17FN4O4S. The van der Waals surface area contributed by atoms with Gasteiger partial charge in [0.1, 0.15) is 12.4 Å². The van der Waals surface area contributed by atoms with E-state index in [1.165, 1.54) is 37.6 Å². The normalized spacial score (nSPS) is 11.5. The smallest absolute Gasteiger partial charge is 0.261 e. The van der Waals surface area contributed by atoms with Gasteiger partial charge in [-0.25, -0.2) is 22.5 Å². The monoisotopic (exact) mass is 404 g/mol. The van der Waals surface area contributed by atoms with E-state index >= 15 is 0 Å². The molecule has 0 unspecified atom stereocenters. The predicted molar refractivity (Wildman–Crippen MR) is 102 cm³/mol. The van der Waals surface area contributed by atoms with Gasteiger partial charge in [0.2, 0.25) is 15.9 Å². The zero-order chi connectivity index (χ0) is 20.5. The van der Waals surface area contributed by atoms with E-state index in [9.17, 15) is 22.4 Å². The lowest BCUT2D eigenvalue weighted by atomic mass is 10.2. The number of aromatic nitrogens is 2. The number of sulfonamides is 1. The van der Waals surface area contributed by atoms with Gasteiger partial charge in [0, 0.05) is 5.69 Å². The summed E-state index contributed by atoms with van der Waals surface area (Å²) in [6, 6.07) is 7.95. The van der Waals surface area contributed by atoms with Crippen LogP contribution in [0, 0.1) is 12.7 Å². The average Bonchev–Trinajstić information content (AvgIpc) is 2.66. The average molecular weight is 404 g/mol. The number of fused-ring (bicyclic) bond motifs is 1. The first-order chi connectivity index (χ1) is 13.2. The second-order valence-electron chi connectivity index (χ2n) is 6.07. The molecule has 2 N–H and O–H groups in total. The zero-order valence-electron chi connectivity index (χ0n) is 15.1. The molecule has 2 aromatic carbocycles. The summed E-state index contributed by atoms with van der Waals surface area (Å²) < 4.78 is 40.5. The summed E-state index contributed by atoms with van der Waals surface area (Å²) in [5.41, 5.74) is 0.718. The van der Waals surface area contributed by atoms with Crippen LogP contribution in [-0.4, -0.2) is 30.9 Å². The highest BCUT2D eigenvalue weighted by molar-refractivity contribution is 7.89. The Hall–Kier alpha value is -3.11. The lowest BCUT2D eigenvalue weighted by Gasteiger charge is -2.12. The van der Waals surface area contributed by atoms with Crippen LogP contribution >= 0.6 is 0 Å². The number of rotatable bonds is 5. The van der Waals surface area contributed by atoms with Crippen molar-refractivity contribution in [2.75, 3.05) is 12.4 Å². The number of hydrogen-bond acceptors (Lipinski definition) is 5. The topological polar surface area (TPSA) is 110 Å². The van der Waals surface area contributed by atoms with E-state index in [0.29, 0.717) is 16.8 Å². The van der Waals surface area contributed by atoms with E-state index in [-0.39, 0.29) is 16.8 Å². The molecule has 1 amide bonds. The van der Waals surface area contributed by atoms with Crippen LogP contribution in [0.15, 0.2) is 52.4 Å². The Morgan fingerprint density at radius 3 is 2.68 bits per heavy atom. The number of halogens is 1. The van der Waals surface area contributed by atoms with Crippen LogP contribution in [0.2, 0.25) is 0 Å². The molecule has 8 nitrogen and oxygen atoms in total. The number of benzene rings is 2. The minimum atomic E-state index is -3.67. The van der Waals surface area contributed by atoms with Gasteiger partial charge < -0.3 is 5.32 Å². The third-order valence-corrected chi connectivity index (χ3v) is 5.57. The van der Waals surface area contributed by atoms with Crippen LogP contribution in [-0.2, 0) is 21.4 Å². The van der Waals surface area contributed by atoms with Crippen molar-refractivity contribution in [1.82, 2.24) is 14.3 Å². The van der Waals surface area contributed by atoms with Gasteiger partial charge in [0.05, 0.1) is 22.1 Å². The number of amides is 1. The van der Waals surface area contributed by atoms with Gasteiger partial charge in [-0.2, -0.15) is 0 Å². The lowest BCUT2D eigenvalue weighted by Crippen LogP contribution is -2.28. The zero-order valence-corrected chi connectivity index (χ0v) is 15.9. The number of nitrogens with zero attached hydrogens (tertiary/aromatic N) is 2. The number of carbonyl (C=O) groups excluding carboxylic acids is 1. The SMILES string of the molecule is CNS(=O)(=O)c1ccc(C)c(NC(=O)Cn2cnc3ccc(F)cc3c2=O)c1. The number of carbonyl (C=O) groups is 1. The van der Waals surface area contributed by atoms with Crippen molar-refractivity contribution in [3.05, 3.63) is 64.5 Å². The van der Waals surface area contributed by atoms with Crippen molar-refractivity contribution in [3.63, 3.8) is 0 Å². The van der Waals surface area contributed by atoms with Crippen molar-refractivity contribution in [2.45, 2.75) is 18.4 Å². The third kappa shape index (κ3) is 3.92. The molecule has 1 aromatic heterocycles. The van der Waals surface area contributed by atoms with E-state index in [0.717, 1.165) is 10.6 Å². The van der Waals surface area contributed by atoms with Crippen LogP contribution in [0.5, 0.6) is 0 Å². The van der Waals surface area contributed by atoms with E-state index in [1.807, 2.05) is 0 Å². The van der Waals surface area contributed by atoms with E-state index in [4.69, 9.17) is 0 Å². The van der Waals surface area contributed by atoms with Gasteiger partial charge in [-0.3, -0.25) is 14.2 Å². The molecule has 0 saturated carbocycles. The largest absolute Gasteiger partial charge is 0.324 e. The maximum Gasteiger partial charge on any atom is 0.261 e. The minimum Gasteiger partial charge on any atom is -0.324 e. The quantitative estimate of drug-likeness (QED) is 0.668. The molecule has 0 spiro atoms. The summed E-state index contributed by atoms with van der Waals surface area (Å²) in [5, 5.41) is 2.65. The third-order valence-electron chi connectivity index (χ3n) is 4.16. The fourth-order valence-electron chi connectivity index (χ4n) is 2.61. The molecule has 0 fully saturated rings. The van der Waals surface area contributed by atoms with Crippen LogP contribution < -0.4 is 15.6 Å². The highest BCUT2D eigenvalue weighted by atomic mass is 32.2. The Balaban J connectivity index is 1.87. The molecular weight excluding hydrogens is 387 g/mol. The molecule has 0 saturated heterocycles. The molecule has 3 rings (SSSR count). The molecule has 0 aliphatic carbocycles. The number of nitrogens with one attached hydrogen (secondary N) is 2. The van der Waals surface area contributed by atoms with Crippen molar-refractivity contribution in [1.29, 1.82) is 0 Å². The molecule has 3 aromatic rings. The molecule has 10 heteroatoms. The van der Waals surface area contributed by atoms with Gasteiger partial charge in [-0.1, -0.05) is 6.07 Å². The summed E-state index contributed by atoms with van der Waals surface area (Å²) >= 11 is 0. The van der Waals surface area contributed by atoms with E-state index in [2.05, 4.69) is 15.0 Å². The first kappa shape index (κ1) is 19.6. The second-order valence-corrected chi connectivity index (χ2v) is 7.96. The second kappa shape index (κ2) is 7.49. The first-order valence-electron chi connectivity index (χ1n) is 8.20. The standard InChI is InChI=1S/C18H17FN4O4S/c1-11-3-5-13(28(26,27)20-2)8-16(11)22-17(24)9-23-10-21-15-6-4-12(19)7-14(15)18(23)25/h3-8,10,20H,9H2,1-2H3,(H,22,24). The molecule has 0 aliphatic rings. The Kier molecular flexibility index (Phi) is 5.25. The Morgan fingerprint density at radius 1 is 1.21 bits per heavy atom. The van der Waals surface area contributed by atoms with Crippen LogP contribution in [0.25, 0.3) is 10.9 Å². The maximum absolute atomic E-state index is 13.4. The molecule has 1 heterocycles. The van der Waals surface area contributed by atoms with Gasteiger partial charge in [-0.15, -0.1) is 0 Å². The fourth-order valence-corrected chi connectivity index (χ4v) is 3.36. The number of anilines is 1. The van der Waals surface area contributed by atoms with Crippen LogP contribution in [0.4, 0.5) is 10.1 Å². The van der Waals surface area contributed by atoms with Crippen molar-refractivity contribution in [2.24, 2.45) is 0 Å². The summed E-state index contributed by atoms with van der Waals surface area (Å²) in [6.07, 6.45) is 1.21. The van der Waals surface area contributed by atoms with Crippen molar-refractivity contribution < 1.29 is 17.6 Å². The Morgan fingerprint density at radius 2 is 1.96 bits per heavy atom. The fraction of sp³-hybridized carbons (Fsp3) is 0.167. The van der Waals surface area contributed by atoms with Crippen molar-refractivity contribution >= 4 is 32.5 Å². The van der Waals surface area contributed by atoms with Crippen LogP contribution in [0.3, 0.4) is 0 Å². The molecule has 0 atom stereocenters. The van der Waals surface area contributed by atoms with Crippen molar-refractivity contribution in [3.8, 4) is 0 Å². The van der Waals surface area contributed by atoms with Gasteiger partial charge >= 0.3 is 0 Å². The molecule has 0 aliphatic heterocycles. The summed E-state index contributed by atoms with van der Waals surface area (Å²) in [4.78, 5) is 28.9. The highest BCUT2D eigenvalue weighted by Gasteiger charge is 2.15. The molecule has 0 bridgehead atoms. The van der Waals surface area contributed by atoms with Gasteiger partial charge in [-0.05, 0) is 49.9 Å². The number of aryl methyl sites for hydroxylation is 1. The van der Waals surface area contributed by atoms with E-state index < -0.39 is 27.3 Å².